The molecule has 1 aromatic heterocycles. The number of carboxylic acid groups (broad SMARTS) is 1. The molecule has 0 bridgehead atoms. The Hall–Kier alpha value is -2.35. The van der Waals surface area contributed by atoms with Crippen LogP contribution in [0.1, 0.15) is 42.4 Å². The number of aromatic nitrogens is 1. The summed E-state index contributed by atoms with van der Waals surface area (Å²) in [6.45, 7) is 6.53. The third-order valence-corrected chi connectivity index (χ3v) is 3.87. The predicted molar refractivity (Wildman–Crippen MR) is 89.9 cm³/mol. The minimum Gasteiger partial charge on any atom is -0.477 e. The lowest BCUT2D eigenvalue weighted by Gasteiger charge is -2.32. The molecule has 0 saturated heterocycles. The van der Waals surface area contributed by atoms with E-state index in [1.165, 1.54) is 22.6 Å². The van der Waals surface area contributed by atoms with Crippen LogP contribution in [0.5, 0.6) is 0 Å². The normalized spacial score (nSPS) is 14.2. The zero-order chi connectivity index (χ0) is 18.8. The molecule has 0 spiro atoms. The zero-order valence-corrected chi connectivity index (χ0v) is 15.0. The van der Waals surface area contributed by atoms with Crippen molar-refractivity contribution in [3.63, 3.8) is 0 Å². The largest absolute Gasteiger partial charge is 0.477 e. The van der Waals surface area contributed by atoms with Gasteiger partial charge in [0.25, 0.3) is 5.56 Å². The summed E-state index contributed by atoms with van der Waals surface area (Å²) in [5.41, 5.74) is -0.0760. The Kier molecular flexibility index (Phi) is 5.52. The predicted octanol–water partition coefficient (Wildman–Crippen LogP) is 1.49. The van der Waals surface area contributed by atoms with Gasteiger partial charge in [-0.3, -0.25) is 4.79 Å². The fraction of sp³-hybridized carbons (Fsp3) is 0.588. The summed E-state index contributed by atoms with van der Waals surface area (Å²) in [6, 6.07) is 1.36. The molecule has 1 amide bonds. The van der Waals surface area contributed by atoms with Crippen molar-refractivity contribution in [3.05, 3.63) is 33.2 Å². The van der Waals surface area contributed by atoms with E-state index in [1.54, 1.807) is 20.8 Å². The molecule has 138 valence electrons. The Morgan fingerprint density at radius 3 is 2.56 bits per heavy atom. The first-order valence-corrected chi connectivity index (χ1v) is 8.10. The molecular formula is C17H24N2O6. The number of hydrogen-bond acceptors (Lipinski definition) is 5. The summed E-state index contributed by atoms with van der Waals surface area (Å²) in [5.74, 6) is -1.28. The number of methoxy groups -OCH3 is 1. The van der Waals surface area contributed by atoms with Crippen molar-refractivity contribution in [1.29, 1.82) is 0 Å². The Labute approximate surface area is 146 Å². The third-order valence-electron chi connectivity index (χ3n) is 3.87. The third kappa shape index (κ3) is 4.39. The summed E-state index contributed by atoms with van der Waals surface area (Å²) >= 11 is 0. The van der Waals surface area contributed by atoms with Gasteiger partial charge in [0.1, 0.15) is 11.2 Å². The van der Waals surface area contributed by atoms with Crippen LogP contribution in [0.2, 0.25) is 0 Å². The summed E-state index contributed by atoms with van der Waals surface area (Å²) in [5, 5.41) is 9.30. The van der Waals surface area contributed by atoms with Crippen LogP contribution in [-0.2, 0) is 29.0 Å². The van der Waals surface area contributed by atoms with E-state index in [-0.39, 0.29) is 18.7 Å². The van der Waals surface area contributed by atoms with Crippen LogP contribution in [0.3, 0.4) is 0 Å². The first-order valence-electron chi connectivity index (χ1n) is 8.10. The average molecular weight is 352 g/mol. The van der Waals surface area contributed by atoms with Crippen molar-refractivity contribution in [2.75, 3.05) is 20.3 Å². The van der Waals surface area contributed by atoms with Gasteiger partial charge in [-0.2, -0.15) is 0 Å². The van der Waals surface area contributed by atoms with Crippen molar-refractivity contribution in [3.8, 4) is 0 Å². The zero-order valence-electron chi connectivity index (χ0n) is 15.0. The van der Waals surface area contributed by atoms with Crippen molar-refractivity contribution in [1.82, 2.24) is 9.47 Å². The van der Waals surface area contributed by atoms with Crippen molar-refractivity contribution in [2.45, 2.75) is 45.9 Å². The molecule has 0 saturated carbocycles. The molecule has 1 aliphatic rings. The van der Waals surface area contributed by atoms with Gasteiger partial charge >= 0.3 is 12.1 Å². The van der Waals surface area contributed by atoms with E-state index in [9.17, 15) is 19.5 Å². The molecule has 8 nitrogen and oxygen atoms in total. The first kappa shape index (κ1) is 19.0. The van der Waals surface area contributed by atoms with Crippen molar-refractivity contribution in [2.24, 2.45) is 0 Å². The number of ether oxygens (including phenoxy) is 2. The molecule has 1 N–H and O–H groups in total. The second-order valence-corrected chi connectivity index (χ2v) is 6.94. The highest BCUT2D eigenvalue weighted by atomic mass is 16.6. The van der Waals surface area contributed by atoms with Gasteiger partial charge in [-0.15, -0.1) is 0 Å². The molecule has 0 radical (unpaired) electrons. The number of aromatic carboxylic acids is 1. The number of carboxylic acids is 1. The SMILES string of the molecule is COCCn1c2c(cc(C(=O)O)c1=O)CN(C(=O)OC(C)(C)C)CC2. The molecule has 0 aromatic carbocycles. The van der Waals surface area contributed by atoms with E-state index in [2.05, 4.69) is 0 Å². The van der Waals surface area contributed by atoms with Crippen LogP contribution in [0.15, 0.2) is 10.9 Å². The molecule has 0 fully saturated rings. The van der Waals surface area contributed by atoms with E-state index in [4.69, 9.17) is 9.47 Å². The number of amides is 1. The highest BCUT2D eigenvalue weighted by molar-refractivity contribution is 5.87. The van der Waals surface area contributed by atoms with Crippen molar-refractivity contribution < 1.29 is 24.2 Å². The Morgan fingerprint density at radius 2 is 2.00 bits per heavy atom. The molecule has 0 atom stereocenters. The Bertz CT molecular complexity index is 732. The molecule has 2 rings (SSSR count). The van der Waals surface area contributed by atoms with Gasteiger partial charge in [0.2, 0.25) is 0 Å². The fourth-order valence-electron chi connectivity index (χ4n) is 2.77. The quantitative estimate of drug-likeness (QED) is 0.881. The van der Waals surface area contributed by atoms with Gasteiger partial charge in [-0.1, -0.05) is 0 Å². The second kappa shape index (κ2) is 7.26. The standard InChI is InChI=1S/C17H24N2O6/c1-17(2,3)25-16(23)18-6-5-13-11(10-18)9-12(15(21)22)14(20)19(13)7-8-24-4/h9H,5-8,10H2,1-4H3,(H,21,22). The topological polar surface area (TPSA) is 98.1 Å². The number of fused-ring (bicyclic) bond motifs is 1. The minimum atomic E-state index is -1.28. The number of rotatable bonds is 4. The second-order valence-electron chi connectivity index (χ2n) is 6.94. The van der Waals surface area contributed by atoms with E-state index in [0.717, 1.165) is 5.69 Å². The van der Waals surface area contributed by atoms with Gasteiger partial charge in [-0.25, -0.2) is 9.59 Å². The molecule has 0 unspecified atom stereocenters. The minimum absolute atomic E-state index is 0.206. The number of carbonyl (C=O) groups is 2. The molecule has 0 aliphatic carbocycles. The van der Waals surface area contributed by atoms with Crippen LogP contribution in [0.25, 0.3) is 0 Å². The van der Waals surface area contributed by atoms with Crippen LogP contribution in [0.4, 0.5) is 4.79 Å². The lowest BCUT2D eigenvalue weighted by molar-refractivity contribution is 0.0221. The van der Waals surface area contributed by atoms with Gasteiger partial charge < -0.3 is 24.0 Å². The molecular weight excluding hydrogens is 328 g/mol. The average Bonchev–Trinajstić information content (AvgIpc) is 2.51. The number of nitrogens with zero attached hydrogens (tertiary/aromatic N) is 2. The molecule has 25 heavy (non-hydrogen) atoms. The summed E-state index contributed by atoms with van der Waals surface area (Å²) in [4.78, 5) is 37.6. The van der Waals surface area contributed by atoms with E-state index >= 15 is 0 Å². The monoisotopic (exact) mass is 352 g/mol. The van der Waals surface area contributed by atoms with Crippen LogP contribution in [0, 0.1) is 0 Å². The van der Waals surface area contributed by atoms with Gasteiger partial charge in [0, 0.05) is 32.3 Å². The van der Waals surface area contributed by atoms with Gasteiger partial charge in [0.15, 0.2) is 0 Å². The highest BCUT2D eigenvalue weighted by Crippen LogP contribution is 2.21. The lowest BCUT2D eigenvalue weighted by atomic mass is 10.0. The van der Waals surface area contributed by atoms with Gasteiger partial charge in [0.05, 0.1) is 13.2 Å². The van der Waals surface area contributed by atoms with E-state index in [0.29, 0.717) is 25.1 Å². The highest BCUT2D eigenvalue weighted by Gasteiger charge is 2.28. The Morgan fingerprint density at radius 1 is 1.32 bits per heavy atom. The van der Waals surface area contributed by atoms with E-state index in [1.807, 2.05) is 0 Å². The molecule has 1 aliphatic heterocycles. The summed E-state index contributed by atoms with van der Waals surface area (Å²) in [6.07, 6.45) is -0.00220. The smallest absolute Gasteiger partial charge is 0.410 e. The Balaban J connectivity index is 2.37. The number of hydrogen-bond donors (Lipinski definition) is 1. The molecule has 8 heteroatoms. The summed E-state index contributed by atoms with van der Waals surface area (Å²) in [7, 11) is 1.52. The molecule has 2 heterocycles. The van der Waals surface area contributed by atoms with Gasteiger partial charge in [-0.05, 0) is 32.4 Å². The maximum absolute atomic E-state index is 12.4. The fourth-order valence-corrected chi connectivity index (χ4v) is 2.77. The maximum Gasteiger partial charge on any atom is 0.410 e. The lowest BCUT2D eigenvalue weighted by Crippen LogP contribution is -2.42. The van der Waals surface area contributed by atoms with Crippen LogP contribution < -0.4 is 5.56 Å². The number of carbonyl (C=O) groups excluding carboxylic acids is 1. The summed E-state index contributed by atoms with van der Waals surface area (Å²) < 4.78 is 11.8. The van der Waals surface area contributed by atoms with Crippen LogP contribution in [-0.4, -0.2) is 52.5 Å². The van der Waals surface area contributed by atoms with Crippen LogP contribution >= 0.6 is 0 Å². The molecule has 1 aromatic rings. The van der Waals surface area contributed by atoms with Crippen molar-refractivity contribution >= 4 is 12.1 Å². The van der Waals surface area contributed by atoms with E-state index < -0.39 is 23.2 Å². The first-order chi connectivity index (χ1) is 11.6. The maximum atomic E-state index is 12.4. The number of pyridine rings is 1.